The average molecular weight is 287 g/mol. The van der Waals surface area contributed by atoms with Gasteiger partial charge in [-0.2, -0.15) is 0 Å². The molecule has 0 aliphatic carbocycles. The van der Waals surface area contributed by atoms with E-state index in [0.29, 0.717) is 0 Å². The molecule has 4 heteroatoms. The number of nitrogens with one attached hydrogen (secondary N) is 1. The van der Waals surface area contributed by atoms with Gasteiger partial charge in [-0.05, 0) is 37.0 Å². The highest BCUT2D eigenvalue weighted by molar-refractivity contribution is 6.30. The molecule has 0 atom stereocenters. The molecule has 2 nitrogen and oxygen atoms in total. The Balaban J connectivity index is 0.00000162. The Labute approximate surface area is 120 Å². The first-order valence-corrected chi connectivity index (χ1v) is 6.74. The number of amidine groups is 1. The Hall–Kier alpha value is -0.730. The lowest BCUT2D eigenvalue weighted by Gasteiger charge is -2.08. The summed E-state index contributed by atoms with van der Waals surface area (Å²) < 4.78 is 0. The molecule has 1 N–H and O–H groups in total. The van der Waals surface area contributed by atoms with Crippen molar-refractivity contribution in [1.29, 1.82) is 0 Å². The van der Waals surface area contributed by atoms with Crippen LogP contribution in [-0.2, 0) is 6.42 Å². The van der Waals surface area contributed by atoms with Crippen LogP contribution in [0.15, 0.2) is 29.3 Å². The molecule has 0 aromatic heterocycles. The molecule has 0 amide bonds. The summed E-state index contributed by atoms with van der Waals surface area (Å²) in [6, 6.07) is 8.05. The van der Waals surface area contributed by atoms with Crippen LogP contribution < -0.4 is 5.32 Å². The third kappa shape index (κ3) is 5.28. The van der Waals surface area contributed by atoms with Crippen LogP contribution in [0.4, 0.5) is 0 Å². The van der Waals surface area contributed by atoms with Gasteiger partial charge in [-0.1, -0.05) is 30.2 Å². The van der Waals surface area contributed by atoms with Gasteiger partial charge in [0.2, 0.25) is 0 Å². The van der Waals surface area contributed by atoms with Gasteiger partial charge < -0.3 is 5.32 Å². The minimum Gasteiger partial charge on any atom is -0.374 e. The standard InChI is InChI=1S/C14H19ClN2.ClH/c15-13-7-5-12(6-8-13)9-11-17-14-4-2-1-3-10-16-14;/h5-8H,1-4,9-11H2,(H,16,17);1H. The van der Waals surface area contributed by atoms with Gasteiger partial charge in [-0.25, -0.2) is 0 Å². The quantitative estimate of drug-likeness (QED) is 0.896. The van der Waals surface area contributed by atoms with Crippen molar-refractivity contribution in [2.45, 2.75) is 32.1 Å². The van der Waals surface area contributed by atoms with E-state index in [0.717, 1.165) is 31.0 Å². The molecule has 0 fully saturated rings. The SMILES string of the molecule is Cl.Clc1ccc(CCNC2=NCCCCC2)cc1. The van der Waals surface area contributed by atoms with Crippen molar-refractivity contribution in [3.05, 3.63) is 34.9 Å². The Bertz CT molecular complexity index is 374. The maximum atomic E-state index is 5.85. The summed E-state index contributed by atoms with van der Waals surface area (Å²) in [5, 5.41) is 4.24. The van der Waals surface area contributed by atoms with Gasteiger partial charge in [0, 0.05) is 24.5 Å². The zero-order valence-electron chi connectivity index (χ0n) is 10.5. The van der Waals surface area contributed by atoms with E-state index in [2.05, 4.69) is 22.4 Å². The van der Waals surface area contributed by atoms with Crippen molar-refractivity contribution in [3.63, 3.8) is 0 Å². The van der Waals surface area contributed by atoms with Gasteiger partial charge in [0.1, 0.15) is 0 Å². The fraction of sp³-hybridized carbons (Fsp3) is 0.500. The minimum atomic E-state index is 0. The second kappa shape index (κ2) is 8.39. The van der Waals surface area contributed by atoms with Crippen molar-refractivity contribution in [3.8, 4) is 0 Å². The lowest BCUT2D eigenvalue weighted by Crippen LogP contribution is -2.25. The maximum Gasteiger partial charge on any atom is 0.0963 e. The van der Waals surface area contributed by atoms with Crippen LogP contribution in [0.5, 0.6) is 0 Å². The fourth-order valence-electron chi connectivity index (χ4n) is 2.02. The molecule has 1 aliphatic heterocycles. The number of benzene rings is 1. The van der Waals surface area contributed by atoms with Crippen molar-refractivity contribution in [2.24, 2.45) is 4.99 Å². The monoisotopic (exact) mass is 286 g/mol. The number of rotatable bonds is 3. The summed E-state index contributed by atoms with van der Waals surface area (Å²) in [6.07, 6.45) is 5.96. The minimum absolute atomic E-state index is 0. The van der Waals surface area contributed by atoms with Crippen molar-refractivity contribution in [1.82, 2.24) is 5.32 Å². The maximum absolute atomic E-state index is 5.85. The van der Waals surface area contributed by atoms with Crippen LogP contribution in [-0.4, -0.2) is 18.9 Å². The first kappa shape index (κ1) is 15.3. The van der Waals surface area contributed by atoms with Crippen LogP contribution in [0.1, 0.15) is 31.2 Å². The van der Waals surface area contributed by atoms with E-state index in [4.69, 9.17) is 11.6 Å². The topological polar surface area (TPSA) is 24.4 Å². The van der Waals surface area contributed by atoms with E-state index < -0.39 is 0 Å². The summed E-state index contributed by atoms with van der Waals surface area (Å²) in [5.41, 5.74) is 1.32. The normalized spacial score (nSPS) is 15.3. The molecule has 1 heterocycles. The van der Waals surface area contributed by atoms with Crippen LogP contribution in [0.3, 0.4) is 0 Å². The number of nitrogens with zero attached hydrogens (tertiary/aromatic N) is 1. The molecule has 0 radical (unpaired) electrons. The van der Waals surface area contributed by atoms with Crippen molar-refractivity contribution >= 4 is 29.8 Å². The Morgan fingerprint density at radius 1 is 1.11 bits per heavy atom. The zero-order valence-corrected chi connectivity index (χ0v) is 12.1. The third-order valence-electron chi connectivity index (χ3n) is 3.03. The molecule has 1 aromatic rings. The van der Waals surface area contributed by atoms with E-state index in [9.17, 15) is 0 Å². The van der Waals surface area contributed by atoms with Crippen molar-refractivity contribution in [2.75, 3.05) is 13.1 Å². The van der Waals surface area contributed by atoms with Crippen LogP contribution >= 0.6 is 24.0 Å². The summed E-state index contributed by atoms with van der Waals surface area (Å²) in [6.45, 7) is 1.95. The predicted octanol–water partition coefficient (Wildman–Crippen LogP) is 3.87. The summed E-state index contributed by atoms with van der Waals surface area (Å²) in [5.74, 6) is 1.19. The third-order valence-corrected chi connectivity index (χ3v) is 3.28. The molecular formula is C14H20Cl2N2. The predicted molar refractivity (Wildman–Crippen MR) is 81.2 cm³/mol. The van der Waals surface area contributed by atoms with Crippen LogP contribution in [0.2, 0.25) is 5.02 Å². The van der Waals surface area contributed by atoms with Gasteiger partial charge in [-0.3, -0.25) is 4.99 Å². The molecule has 1 aliphatic rings. The van der Waals surface area contributed by atoms with E-state index in [1.165, 1.54) is 30.7 Å². The van der Waals surface area contributed by atoms with Gasteiger partial charge in [0.25, 0.3) is 0 Å². The highest BCUT2D eigenvalue weighted by Gasteiger charge is 2.03. The number of hydrogen-bond acceptors (Lipinski definition) is 2. The van der Waals surface area contributed by atoms with E-state index in [1.54, 1.807) is 0 Å². The highest BCUT2D eigenvalue weighted by atomic mass is 35.5. The van der Waals surface area contributed by atoms with Crippen LogP contribution in [0.25, 0.3) is 0 Å². The molecule has 1 aromatic carbocycles. The highest BCUT2D eigenvalue weighted by Crippen LogP contribution is 2.10. The number of halogens is 2. The van der Waals surface area contributed by atoms with Gasteiger partial charge in [0.05, 0.1) is 5.84 Å². The molecule has 0 unspecified atom stereocenters. The molecular weight excluding hydrogens is 267 g/mol. The summed E-state index contributed by atoms with van der Waals surface area (Å²) in [7, 11) is 0. The lowest BCUT2D eigenvalue weighted by molar-refractivity contribution is 0.728. The molecule has 0 bridgehead atoms. The Morgan fingerprint density at radius 3 is 2.67 bits per heavy atom. The first-order chi connectivity index (χ1) is 8.34. The number of aliphatic imine (C=N–C) groups is 1. The molecule has 0 spiro atoms. The van der Waals surface area contributed by atoms with Gasteiger partial charge in [0.15, 0.2) is 0 Å². The summed E-state index contributed by atoms with van der Waals surface area (Å²) >= 11 is 5.85. The van der Waals surface area contributed by atoms with E-state index in [1.807, 2.05) is 12.1 Å². The molecule has 0 saturated heterocycles. The van der Waals surface area contributed by atoms with Crippen molar-refractivity contribution < 1.29 is 0 Å². The Morgan fingerprint density at radius 2 is 1.89 bits per heavy atom. The second-order valence-corrected chi connectivity index (χ2v) is 4.88. The van der Waals surface area contributed by atoms with Gasteiger partial charge in [-0.15, -0.1) is 12.4 Å². The fourth-order valence-corrected chi connectivity index (χ4v) is 2.15. The summed E-state index contributed by atoms with van der Waals surface area (Å²) in [4.78, 5) is 4.55. The van der Waals surface area contributed by atoms with Gasteiger partial charge >= 0.3 is 0 Å². The molecule has 0 saturated carbocycles. The Kier molecular flexibility index (Phi) is 7.14. The molecule has 18 heavy (non-hydrogen) atoms. The largest absolute Gasteiger partial charge is 0.374 e. The average Bonchev–Trinajstić information content (AvgIpc) is 2.60. The lowest BCUT2D eigenvalue weighted by atomic mass is 10.1. The number of hydrogen-bond donors (Lipinski definition) is 1. The molecule has 100 valence electrons. The van der Waals surface area contributed by atoms with Crippen LogP contribution in [0, 0.1) is 0 Å². The second-order valence-electron chi connectivity index (χ2n) is 4.44. The van der Waals surface area contributed by atoms with E-state index >= 15 is 0 Å². The zero-order chi connectivity index (χ0) is 11.9. The molecule has 2 rings (SSSR count). The smallest absolute Gasteiger partial charge is 0.0963 e. The van der Waals surface area contributed by atoms with E-state index in [-0.39, 0.29) is 12.4 Å². The first-order valence-electron chi connectivity index (χ1n) is 6.36.